The van der Waals surface area contributed by atoms with Gasteiger partial charge in [0.15, 0.2) is 6.61 Å². The quantitative estimate of drug-likeness (QED) is 0.459. The molecule has 1 aromatic carbocycles. The summed E-state index contributed by atoms with van der Waals surface area (Å²) in [6.07, 6.45) is 0. The molecule has 1 saturated heterocycles. The number of nitrogens with one attached hydrogen (secondary N) is 1. The highest BCUT2D eigenvalue weighted by molar-refractivity contribution is 7.89. The summed E-state index contributed by atoms with van der Waals surface area (Å²) in [5.41, 5.74) is 1.17. The van der Waals surface area contributed by atoms with Crippen LogP contribution in [0.4, 0.5) is 11.4 Å². The molecule has 3 N–H and O–H groups in total. The number of sulfonamides is 1. The highest BCUT2D eigenvalue weighted by atomic mass is 32.2. The molecular formula is C21H27N3O9S. The maximum Gasteiger partial charge on any atom is 0.374 e. The van der Waals surface area contributed by atoms with Crippen LogP contribution in [0.2, 0.25) is 0 Å². The average Bonchev–Trinajstić information content (AvgIpc) is 3.31. The lowest BCUT2D eigenvalue weighted by Crippen LogP contribution is -2.36. The minimum atomic E-state index is -4.11. The fourth-order valence-electron chi connectivity index (χ4n) is 3.22. The van der Waals surface area contributed by atoms with E-state index in [1.807, 2.05) is 13.8 Å². The van der Waals surface area contributed by atoms with Crippen molar-refractivity contribution in [1.29, 1.82) is 0 Å². The molecule has 0 spiro atoms. The van der Waals surface area contributed by atoms with Gasteiger partial charge in [-0.15, -0.1) is 0 Å². The van der Waals surface area contributed by atoms with Crippen LogP contribution in [0.1, 0.15) is 24.4 Å². The van der Waals surface area contributed by atoms with E-state index in [2.05, 4.69) is 10.2 Å². The van der Waals surface area contributed by atoms with Crippen molar-refractivity contribution in [2.24, 2.45) is 5.14 Å². The van der Waals surface area contributed by atoms with Crippen molar-refractivity contribution in [2.45, 2.75) is 18.9 Å². The van der Waals surface area contributed by atoms with Crippen molar-refractivity contribution >= 4 is 33.3 Å². The lowest BCUT2D eigenvalue weighted by atomic mass is 10.2. The fraction of sp³-hybridized carbons (Fsp3) is 0.429. The fourth-order valence-corrected chi connectivity index (χ4v) is 3.68. The highest BCUT2D eigenvalue weighted by Gasteiger charge is 2.22. The maximum atomic E-state index is 12.5. The third-order valence-electron chi connectivity index (χ3n) is 4.68. The number of carbonyl (C=O) groups excluding carboxylic acids is 2. The topological polar surface area (TPSA) is 160 Å². The Balaban J connectivity index is 1.72. The van der Waals surface area contributed by atoms with Gasteiger partial charge in [-0.2, -0.15) is 0 Å². The lowest BCUT2D eigenvalue weighted by molar-refractivity contribution is -0.119. The Morgan fingerprint density at radius 2 is 1.76 bits per heavy atom. The van der Waals surface area contributed by atoms with E-state index in [1.54, 1.807) is 12.1 Å². The van der Waals surface area contributed by atoms with E-state index < -0.39 is 39.4 Å². The Morgan fingerprint density at radius 1 is 1.09 bits per heavy atom. The van der Waals surface area contributed by atoms with E-state index in [9.17, 15) is 18.0 Å². The second-order valence-corrected chi connectivity index (χ2v) is 8.56. The van der Waals surface area contributed by atoms with Gasteiger partial charge in [-0.05, 0) is 26.0 Å². The van der Waals surface area contributed by atoms with Crippen LogP contribution in [0.5, 0.6) is 11.5 Å². The molecule has 186 valence electrons. The van der Waals surface area contributed by atoms with Gasteiger partial charge < -0.3 is 33.6 Å². The summed E-state index contributed by atoms with van der Waals surface area (Å²) in [4.78, 5) is 26.7. The van der Waals surface area contributed by atoms with E-state index in [0.717, 1.165) is 17.8 Å². The molecule has 0 unspecified atom stereocenters. The van der Waals surface area contributed by atoms with E-state index in [0.29, 0.717) is 56.7 Å². The van der Waals surface area contributed by atoms with Crippen molar-refractivity contribution in [3.8, 4) is 11.5 Å². The monoisotopic (exact) mass is 497 g/mol. The molecule has 0 aliphatic carbocycles. The minimum Gasteiger partial charge on any atom is -0.492 e. The summed E-state index contributed by atoms with van der Waals surface area (Å²) in [6, 6.07) is 5.56. The highest BCUT2D eigenvalue weighted by Crippen LogP contribution is 2.39. The zero-order valence-corrected chi connectivity index (χ0v) is 19.7. The van der Waals surface area contributed by atoms with Crippen LogP contribution in [-0.4, -0.2) is 66.4 Å². The van der Waals surface area contributed by atoms with Gasteiger partial charge in [0, 0.05) is 25.2 Å². The summed E-state index contributed by atoms with van der Waals surface area (Å²) in [7, 11) is -4.11. The van der Waals surface area contributed by atoms with Gasteiger partial charge in [0.1, 0.15) is 11.5 Å². The second kappa shape index (κ2) is 11.2. The summed E-state index contributed by atoms with van der Waals surface area (Å²) in [5, 5.41) is 7.00. The zero-order valence-electron chi connectivity index (χ0n) is 18.9. The number of carbonyl (C=O) groups is 2. The number of nitrogens with two attached hydrogens (primary N) is 1. The Bertz CT molecular complexity index is 1120. The van der Waals surface area contributed by atoms with E-state index in [1.165, 1.54) is 0 Å². The molecule has 3 rings (SSSR count). The summed E-state index contributed by atoms with van der Waals surface area (Å²) in [5.74, 6) is -1.08. The van der Waals surface area contributed by atoms with Crippen molar-refractivity contribution in [3.63, 3.8) is 0 Å². The van der Waals surface area contributed by atoms with Gasteiger partial charge in [0.2, 0.25) is 10.9 Å². The van der Waals surface area contributed by atoms with Crippen LogP contribution in [0, 0.1) is 0 Å². The lowest BCUT2D eigenvalue weighted by Gasteiger charge is -2.31. The minimum absolute atomic E-state index is 0.345. The van der Waals surface area contributed by atoms with E-state index in [4.69, 9.17) is 28.5 Å². The predicted octanol–water partition coefficient (Wildman–Crippen LogP) is 1.36. The second-order valence-electron chi connectivity index (χ2n) is 7.07. The molecule has 13 heteroatoms. The Labute approximate surface area is 196 Å². The van der Waals surface area contributed by atoms with Gasteiger partial charge in [0.05, 0.1) is 37.8 Å². The first-order valence-electron chi connectivity index (χ1n) is 10.6. The molecule has 2 aromatic rings. The third kappa shape index (κ3) is 6.40. The average molecular weight is 498 g/mol. The Hall–Kier alpha value is -3.29. The number of morpholine rings is 1. The number of primary sulfonamides is 1. The number of benzene rings is 1. The first-order valence-corrected chi connectivity index (χ1v) is 12.1. The number of ether oxygens (including phenoxy) is 4. The van der Waals surface area contributed by atoms with Gasteiger partial charge in [0.25, 0.3) is 15.9 Å². The molecule has 34 heavy (non-hydrogen) atoms. The number of hydrogen-bond acceptors (Lipinski definition) is 10. The zero-order chi connectivity index (χ0) is 24.7. The van der Waals surface area contributed by atoms with Crippen LogP contribution in [0.3, 0.4) is 0 Å². The molecular weight excluding hydrogens is 470 g/mol. The smallest absolute Gasteiger partial charge is 0.374 e. The van der Waals surface area contributed by atoms with Crippen LogP contribution in [-0.2, 0) is 24.3 Å². The standard InChI is InChI=1S/C21H27N3O9S/c1-3-30-17-12-15(24-7-9-29-10-8-24)18(31-4-2)11-14(17)23-19(25)13-32-21(26)16-5-6-20(33-16)34(22,27)28/h5-6,11-12H,3-4,7-10,13H2,1-2H3,(H,23,25)(H2,22,27,28). The molecule has 1 amide bonds. The van der Waals surface area contributed by atoms with Crippen LogP contribution in [0.15, 0.2) is 33.8 Å². The Morgan fingerprint density at radius 3 is 2.38 bits per heavy atom. The normalized spacial score (nSPS) is 13.9. The number of rotatable bonds is 10. The number of esters is 1. The first-order chi connectivity index (χ1) is 16.2. The molecule has 0 saturated carbocycles. The Kier molecular flexibility index (Phi) is 8.36. The number of furan rings is 1. The van der Waals surface area contributed by atoms with E-state index >= 15 is 0 Å². The summed E-state index contributed by atoms with van der Waals surface area (Å²) < 4.78 is 49.2. The van der Waals surface area contributed by atoms with Crippen LogP contribution < -0.4 is 24.8 Å². The molecule has 1 fully saturated rings. The first kappa shape index (κ1) is 25.3. The van der Waals surface area contributed by atoms with Gasteiger partial charge in [-0.3, -0.25) is 4.79 Å². The molecule has 0 bridgehead atoms. The van der Waals surface area contributed by atoms with Crippen LogP contribution in [0.25, 0.3) is 0 Å². The molecule has 1 aliphatic heterocycles. The number of nitrogens with zero attached hydrogens (tertiary/aromatic N) is 1. The molecule has 12 nitrogen and oxygen atoms in total. The number of anilines is 2. The van der Waals surface area contributed by atoms with Crippen LogP contribution >= 0.6 is 0 Å². The molecule has 1 aromatic heterocycles. The molecule has 0 radical (unpaired) electrons. The summed E-state index contributed by atoms with van der Waals surface area (Å²) >= 11 is 0. The largest absolute Gasteiger partial charge is 0.492 e. The van der Waals surface area contributed by atoms with Crippen molar-refractivity contribution in [2.75, 3.05) is 56.3 Å². The summed E-state index contributed by atoms with van der Waals surface area (Å²) in [6.45, 7) is 6.36. The van der Waals surface area contributed by atoms with Gasteiger partial charge in [-0.1, -0.05) is 0 Å². The van der Waals surface area contributed by atoms with Crippen molar-refractivity contribution in [3.05, 3.63) is 30.0 Å². The van der Waals surface area contributed by atoms with Gasteiger partial charge >= 0.3 is 5.97 Å². The molecule has 1 aliphatic rings. The van der Waals surface area contributed by atoms with Crippen molar-refractivity contribution in [1.82, 2.24) is 0 Å². The SMILES string of the molecule is CCOc1cc(N2CCOCC2)c(OCC)cc1NC(=O)COC(=O)c1ccc(S(N)(=O)=O)o1. The van der Waals surface area contributed by atoms with E-state index in [-0.39, 0.29) is 0 Å². The molecule has 2 heterocycles. The number of hydrogen-bond donors (Lipinski definition) is 2. The maximum absolute atomic E-state index is 12.5. The third-order valence-corrected chi connectivity index (χ3v) is 5.46. The van der Waals surface area contributed by atoms with Crippen molar-refractivity contribution < 1.29 is 41.4 Å². The van der Waals surface area contributed by atoms with Gasteiger partial charge in [-0.25, -0.2) is 18.4 Å². The molecule has 0 atom stereocenters. The number of amides is 1. The predicted molar refractivity (Wildman–Crippen MR) is 121 cm³/mol.